The lowest BCUT2D eigenvalue weighted by molar-refractivity contribution is -0.786. The zero-order valence-electron chi connectivity index (χ0n) is 20.4. The van der Waals surface area contributed by atoms with Crippen LogP contribution >= 0.6 is 0 Å². The fourth-order valence-electron chi connectivity index (χ4n) is 5.41. The van der Waals surface area contributed by atoms with Crippen LogP contribution < -0.4 is 10.6 Å². The van der Waals surface area contributed by atoms with Gasteiger partial charge in [-0.2, -0.15) is 4.48 Å². The van der Waals surface area contributed by atoms with E-state index in [4.69, 9.17) is 0 Å². The zero-order chi connectivity index (χ0) is 24.4. The first-order valence-corrected chi connectivity index (χ1v) is 12.4. The highest BCUT2D eigenvalue weighted by atomic mass is 16.5. The maximum atomic E-state index is 13.8. The van der Waals surface area contributed by atoms with Gasteiger partial charge in [0.05, 0.1) is 19.0 Å². The van der Waals surface area contributed by atoms with Crippen LogP contribution in [-0.2, 0) is 9.59 Å². The van der Waals surface area contributed by atoms with E-state index in [9.17, 15) is 24.4 Å². The van der Waals surface area contributed by atoms with Gasteiger partial charge in [0.1, 0.15) is 6.04 Å². The quantitative estimate of drug-likeness (QED) is 0.185. The number of likely N-dealkylation sites (N-methyl/N-ethyl adjacent to an activating group) is 1. The highest BCUT2D eigenvalue weighted by Crippen LogP contribution is 2.35. The number of hydrogen-bond donors (Lipinski definition) is 3. The van der Waals surface area contributed by atoms with E-state index in [2.05, 4.69) is 15.5 Å². The zero-order valence-corrected chi connectivity index (χ0v) is 20.4. The number of hydroxylamine groups is 2. The molecule has 0 spiro atoms. The molecule has 10 heteroatoms. The van der Waals surface area contributed by atoms with E-state index in [1.54, 1.807) is 0 Å². The van der Waals surface area contributed by atoms with Gasteiger partial charge in [0.2, 0.25) is 6.41 Å². The second kappa shape index (κ2) is 13.0. The van der Waals surface area contributed by atoms with Crippen molar-refractivity contribution in [3.63, 3.8) is 0 Å². The van der Waals surface area contributed by atoms with E-state index >= 15 is 0 Å². The Kier molecular flexibility index (Phi) is 10.7. The van der Waals surface area contributed by atoms with Gasteiger partial charge in [-0.25, -0.2) is 24.8 Å². The van der Waals surface area contributed by atoms with E-state index in [-0.39, 0.29) is 24.9 Å². The standard InChI is InChI=1S/C23H41N5O5/c1-4-26(5-2)13-12-24-22(31)25-23(32)28(14-8-9-18(28)3)21(30)20(16-27(33)17-29)15-19-10-6-7-11-19/h17-20,33H,4-16H2,1-3H3,(H-,24,25,31,32)/p+1/t18-,20-,28?/m1/s1. The number of imide groups is 2. The number of amides is 6. The van der Waals surface area contributed by atoms with E-state index in [1.807, 2.05) is 20.8 Å². The van der Waals surface area contributed by atoms with Crippen molar-refractivity contribution >= 4 is 24.4 Å². The molecule has 3 atom stereocenters. The van der Waals surface area contributed by atoms with Crippen molar-refractivity contribution in [3.8, 4) is 0 Å². The molecule has 188 valence electrons. The third-order valence-electron chi connectivity index (χ3n) is 7.44. The molecular formula is C23H42N5O5+. The van der Waals surface area contributed by atoms with E-state index in [0.717, 1.165) is 38.8 Å². The Balaban J connectivity index is 2.13. The third kappa shape index (κ3) is 6.97. The Morgan fingerprint density at radius 3 is 2.33 bits per heavy atom. The summed E-state index contributed by atoms with van der Waals surface area (Å²) in [7, 11) is 0. The smallest absolute Gasteiger partial charge is 0.336 e. The Bertz CT molecular complexity index is 680. The van der Waals surface area contributed by atoms with Crippen LogP contribution in [0.3, 0.4) is 0 Å². The van der Waals surface area contributed by atoms with Gasteiger partial charge in [0.25, 0.3) is 0 Å². The van der Waals surface area contributed by atoms with Crippen molar-refractivity contribution in [1.29, 1.82) is 0 Å². The van der Waals surface area contributed by atoms with Crippen molar-refractivity contribution in [2.24, 2.45) is 11.8 Å². The number of likely N-dealkylation sites (tertiary alicyclic amines) is 1. The summed E-state index contributed by atoms with van der Waals surface area (Å²) in [6.45, 7) is 8.92. The summed E-state index contributed by atoms with van der Waals surface area (Å²) >= 11 is 0. The number of carbonyl (C=O) groups excluding carboxylic acids is 4. The third-order valence-corrected chi connectivity index (χ3v) is 7.44. The molecule has 0 radical (unpaired) electrons. The number of quaternary nitrogens is 1. The molecule has 1 saturated carbocycles. The molecule has 1 saturated heterocycles. The molecule has 2 rings (SSSR count). The summed E-state index contributed by atoms with van der Waals surface area (Å²) in [6.07, 6.45) is 6.42. The summed E-state index contributed by atoms with van der Waals surface area (Å²) in [5, 5.41) is 15.4. The van der Waals surface area contributed by atoms with E-state index in [0.29, 0.717) is 49.9 Å². The lowest BCUT2D eigenvalue weighted by Crippen LogP contribution is -2.66. The monoisotopic (exact) mass is 468 g/mol. The van der Waals surface area contributed by atoms with Gasteiger partial charge in [-0.3, -0.25) is 10.0 Å². The predicted molar refractivity (Wildman–Crippen MR) is 123 cm³/mol. The molecule has 3 N–H and O–H groups in total. The van der Waals surface area contributed by atoms with Gasteiger partial charge < -0.3 is 10.2 Å². The van der Waals surface area contributed by atoms with Crippen LogP contribution in [0.15, 0.2) is 0 Å². The highest BCUT2D eigenvalue weighted by molar-refractivity contribution is 5.95. The van der Waals surface area contributed by atoms with Crippen LogP contribution in [0.5, 0.6) is 0 Å². The second-order valence-electron chi connectivity index (χ2n) is 9.45. The molecule has 2 aliphatic rings. The van der Waals surface area contributed by atoms with Gasteiger partial charge >= 0.3 is 18.0 Å². The molecule has 0 aromatic rings. The number of hydrogen-bond acceptors (Lipinski definition) is 6. The first-order chi connectivity index (χ1) is 15.8. The minimum Gasteiger partial charge on any atom is -0.336 e. The molecule has 1 aliphatic heterocycles. The number of nitrogens with zero attached hydrogens (tertiary/aromatic N) is 3. The molecule has 2 fully saturated rings. The average molecular weight is 469 g/mol. The van der Waals surface area contributed by atoms with E-state index < -0.39 is 22.5 Å². The summed E-state index contributed by atoms with van der Waals surface area (Å²) in [4.78, 5) is 52.9. The molecule has 1 unspecified atom stereocenters. The average Bonchev–Trinajstić information content (AvgIpc) is 3.45. The summed E-state index contributed by atoms with van der Waals surface area (Å²) in [5.41, 5.74) is 0. The maximum absolute atomic E-state index is 13.8. The van der Waals surface area contributed by atoms with Crippen molar-refractivity contribution in [1.82, 2.24) is 20.6 Å². The van der Waals surface area contributed by atoms with Gasteiger partial charge in [-0.05, 0) is 32.4 Å². The molecule has 0 aromatic heterocycles. The molecule has 33 heavy (non-hydrogen) atoms. The van der Waals surface area contributed by atoms with Crippen molar-refractivity contribution in [2.75, 3.05) is 39.3 Å². The molecule has 10 nitrogen and oxygen atoms in total. The van der Waals surface area contributed by atoms with Gasteiger partial charge in [0, 0.05) is 25.9 Å². The number of urea groups is 2. The predicted octanol–water partition coefficient (Wildman–Crippen LogP) is 2.32. The summed E-state index contributed by atoms with van der Waals surface area (Å²) < 4.78 is -0.465. The van der Waals surface area contributed by atoms with Crippen LogP contribution in [0, 0.1) is 11.8 Å². The molecule has 1 heterocycles. The molecular weight excluding hydrogens is 426 g/mol. The van der Waals surface area contributed by atoms with Crippen LogP contribution in [0.4, 0.5) is 9.59 Å². The highest BCUT2D eigenvalue weighted by Gasteiger charge is 2.55. The SMILES string of the molecule is CCN(CC)CCNC(=O)NC(=O)[N+]1(C(=O)[C@H](CC2CCCC2)CN(O)C=O)CCC[C@H]1C. The Hall–Kier alpha value is -2.04. The first-order valence-electron chi connectivity index (χ1n) is 12.4. The van der Waals surface area contributed by atoms with Crippen LogP contribution in [0.1, 0.15) is 65.7 Å². The first kappa shape index (κ1) is 27.2. The number of nitrogens with one attached hydrogen (secondary N) is 2. The van der Waals surface area contributed by atoms with Crippen LogP contribution in [0.2, 0.25) is 0 Å². The maximum Gasteiger partial charge on any atom is 0.432 e. The van der Waals surface area contributed by atoms with Gasteiger partial charge in [-0.1, -0.05) is 39.5 Å². The fraction of sp³-hybridized carbons (Fsp3) is 0.826. The molecule has 0 bridgehead atoms. The fourth-order valence-corrected chi connectivity index (χ4v) is 5.41. The van der Waals surface area contributed by atoms with Crippen molar-refractivity contribution in [2.45, 2.75) is 71.8 Å². The number of rotatable bonds is 11. The van der Waals surface area contributed by atoms with Crippen molar-refractivity contribution < 1.29 is 28.9 Å². The lowest BCUT2D eigenvalue weighted by atomic mass is 9.91. The summed E-state index contributed by atoms with van der Waals surface area (Å²) in [6, 6.07) is -1.52. The molecule has 6 amide bonds. The van der Waals surface area contributed by atoms with Crippen LogP contribution in [0.25, 0.3) is 0 Å². The topological polar surface area (TPSA) is 119 Å². The largest absolute Gasteiger partial charge is 0.432 e. The van der Waals surface area contributed by atoms with Crippen LogP contribution in [-0.4, -0.2) is 89.3 Å². The Labute approximate surface area is 197 Å². The Morgan fingerprint density at radius 2 is 1.79 bits per heavy atom. The minimum atomic E-state index is -0.666. The van der Waals surface area contributed by atoms with Gasteiger partial charge in [0.15, 0.2) is 0 Å². The second-order valence-corrected chi connectivity index (χ2v) is 9.45. The lowest BCUT2D eigenvalue weighted by Gasteiger charge is -2.36. The minimum absolute atomic E-state index is 0.144. The van der Waals surface area contributed by atoms with Crippen molar-refractivity contribution in [3.05, 3.63) is 0 Å². The van der Waals surface area contributed by atoms with E-state index in [1.165, 1.54) is 0 Å². The molecule has 1 aliphatic carbocycles. The Morgan fingerprint density at radius 1 is 1.12 bits per heavy atom. The normalized spacial score (nSPS) is 24.0. The summed E-state index contributed by atoms with van der Waals surface area (Å²) in [5.74, 6) is -0.648. The molecule has 0 aromatic carbocycles. The van der Waals surface area contributed by atoms with Gasteiger partial charge in [-0.15, -0.1) is 0 Å². The number of carbonyl (C=O) groups is 4.